The molecule has 140 valence electrons. The molecule has 0 aliphatic heterocycles. The van der Waals surface area contributed by atoms with Crippen molar-refractivity contribution in [3.8, 4) is 11.4 Å². The second kappa shape index (κ2) is 6.82. The number of aromatic nitrogens is 4. The van der Waals surface area contributed by atoms with Crippen LogP contribution in [0.1, 0.15) is 24.5 Å². The standard InChI is InChI=1S/C17H17ClN6O2S/c1-27(25,26)24-12-6-4-11(5-7-12)16-19-9-13(18)17(21-16)20-15-8-14(22-23-15)10-2-3-10/h4-10,24H,2-3H2,1H3,(H2,19,20,21,22,23). The van der Waals surface area contributed by atoms with Crippen LogP contribution in [0.2, 0.25) is 5.02 Å². The van der Waals surface area contributed by atoms with Crippen molar-refractivity contribution in [3.05, 3.63) is 47.2 Å². The second-order valence-corrected chi connectivity index (χ2v) is 8.61. The Bertz CT molecular complexity index is 1080. The zero-order chi connectivity index (χ0) is 19.0. The zero-order valence-electron chi connectivity index (χ0n) is 14.4. The Kier molecular flexibility index (Phi) is 4.48. The maximum absolute atomic E-state index is 11.3. The average Bonchev–Trinajstić information content (AvgIpc) is 3.36. The van der Waals surface area contributed by atoms with Crippen molar-refractivity contribution in [2.45, 2.75) is 18.8 Å². The van der Waals surface area contributed by atoms with Crippen LogP contribution in [-0.2, 0) is 10.0 Å². The third kappa shape index (κ3) is 4.37. The largest absolute Gasteiger partial charge is 0.322 e. The molecule has 1 saturated carbocycles. The van der Waals surface area contributed by atoms with Crippen LogP contribution in [0.25, 0.3) is 11.4 Å². The monoisotopic (exact) mass is 404 g/mol. The van der Waals surface area contributed by atoms with Crippen LogP contribution in [0.4, 0.5) is 17.3 Å². The minimum Gasteiger partial charge on any atom is -0.322 e. The molecule has 0 bridgehead atoms. The summed E-state index contributed by atoms with van der Waals surface area (Å²) in [6.07, 6.45) is 4.99. The van der Waals surface area contributed by atoms with E-state index >= 15 is 0 Å². The van der Waals surface area contributed by atoms with E-state index in [-0.39, 0.29) is 0 Å². The van der Waals surface area contributed by atoms with E-state index in [9.17, 15) is 8.42 Å². The van der Waals surface area contributed by atoms with Gasteiger partial charge in [0.05, 0.1) is 12.5 Å². The van der Waals surface area contributed by atoms with Crippen molar-refractivity contribution < 1.29 is 8.42 Å². The highest BCUT2D eigenvalue weighted by Gasteiger charge is 2.25. The first-order valence-corrected chi connectivity index (χ1v) is 10.6. The molecule has 8 nitrogen and oxygen atoms in total. The highest BCUT2D eigenvalue weighted by atomic mass is 35.5. The van der Waals surface area contributed by atoms with Gasteiger partial charge in [0.25, 0.3) is 0 Å². The highest BCUT2D eigenvalue weighted by molar-refractivity contribution is 7.92. The molecule has 1 aliphatic carbocycles. The highest BCUT2D eigenvalue weighted by Crippen LogP contribution is 2.39. The molecule has 4 rings (SSSR count). The van der Waals surface area contributed by atoms with Gasteiger partial charge in [-0.3, -0.25) is 9.82 Å². The maximum Gasteiger partial charge on any atom is 0.229 e. The van der Waals surface area contributed by atoms with Crippen LogP contribution in [0.3, 0.4) is 0 Å². The van der Waals surface area contributed by atoms with E-state index in [4.69, 9.17) is 11.6 Å². The molecule has 2 heterocycles. The quantitative estimate of drug-likeness (QED) is 0.579. The molecule has 0 atom stereocenters. The molecule has 2 aromatic heterocycles. The minimum absolute atomic E-state index is 0.380. The fourth-order valence-corrected chi connectivity index (χ4v) is 3.32. The molecule has 3 aromatic rings. The van der Waals surface area contributed by atoms with Gasteiger partial charge in [-0.15, -0.1) is 0 Å². The van der Waals surface area contributed by atoms with E-state index in [1.54, 1.807) is 24.3 Å². The maximum atomic E-state index is 11.3. The smallest absolute Gasteiger partial charge is 0.229 e. The summed E-state index contributed by atoms with van der Waals surface area (Å²) in [5, 5.41) is 10.8. The Morgan fingerprint density at radius 3 is 2.63 bits per heavy atom. The molecule has 0 unspecified atom stereocenters. The first-order valence-electron chi connectivity index (χ1n) is 8.30. The number of H-pyrrole nitrogens is 1. The molecule has 0 saturated heterocycles. The van der Waals surface area contributed by atoms with E-state index < -0.39 is 10.0 Å². The molecule has 1 fully saturated rings. The van der Waals surface area contributed by atoms with Crippen molar-refractivity contribution in [1.82, 2.24) is 20.2 Å². The van der Waals surface area contributed by atoms with Crippen LogP contribution >= 0.6 is 11.6 Å². The minimum atomic E-state index is -3.32. The van der Waals surface area contributed by atoms with Gasteiger partial charge < -0.3 is 5.32 Å². The lowest BCUT2D eigenvalue weighted by atomic mass is 10.2. The topological polar surface area (TPSA) is 113 Å². The number of halogens is 1. The van der Waals surface area contributed by atoms with Crippen LogP contribution < -0.4 is 10.0 Å². The zero-order valence-corrected chi connectivity index (χ0v) is 16.0. The predicted molar refractivity (Wildman–Crippen MR) is 105 cm³/mol. The number of nitrogens with one attached hydrogen (secondary N) is 3. The molecule has 1 aromatic carbocycles. The Balaban J connectivity index is 1.55. The van der Waals surface area contributed by atoms with Crippen LogP contribution in [0, 0.1) is 0 Å². The molecular formula is C17H17ClN6O2S. The lowest BCUT2D eigenvalue weighted by molar-refractivity contribution is 0.607. The summed E-state index contributed by atoms with van der Waals surface area (Å²) in [7, 11) is -3.32. The number of rotatable bonds is 6. The first kappa shape index (κ1) is 17.7. The average molecular weight is 405 g/mol. The van der Waals surface area contributed by atoms with Crippen molar-refractivity contribution in [2.75, 3.05) is 16.3 Å². The van der Waals surface area contributed by atoms with Gasteiger partial charge in [0.1, 0.15) is 5.02 Å². The third-order valence-electron chi connectivity index (χ3n) is 4.05. The van der Waals surface area contributed by atoms with Crippen molar-refractivity contribution in [3.63, 3.8) is 0 Å². The Morgan fingerprint density at radius 2 is 1.96 bits per heavy atom. The van der Waals surface area contributed by atoms with E-state index in [1.165, 1.54) is 19.0 Å². The Morgan fingerprint density at radius 1 is 1.22 bits per heavy atom. The number of benzene rings is 1. The van der Waals surface area contributed by atoms with Gasteiger partial charge in [-0.2, -0.15) is 5.10 Å². The van der Waals surface area contributed by atoms with Crippen molar-refractivity contribution >= 4 is 38.9 Å². The number of aromatic amines is 1. The van der Waals surface area contributed by atoms with Crippen LogP contribution in [0.5, 0.6) is 0 Å². The number of anilines is 3. The fraction of sp³-hybridized carbons (Fsp3) is 0.235. The summed E-state index contributed by atoms with van der Waals surface area (Å²) >= 11 is 6.21. The molecule has 27 heavy (non-hydrogen) atoms. The van der Waals surface area contributed by atoms with Crippen LogP contribution in [0.15, 0.2) is 36.5 Å². The van der Waals surface area contributed by atoms with Gasteiger partial charge >= 0.3 is 0 Å². The summed E-state index contributed by atoms with van der Waals surface area (Å²) in [4.78, 5) is 8.71. The third-order valence-corrected chi connectivity index (χ3v) is 4.93. The van der Waals surface area contributed by atoms with Gasteiger partial charge in [-0.1, -0.05) is 11.6 Å². The molecule has 1 aliphatic rings. The summed E-state index contributed by atoms with van der Waals surface area (Å²) < 4.78 is 25.0. The van der Waals surface area contributed by atoms with Crippen LogP contribution in [-0.4, -0.2) is 34.8 Å². The predicted octanol–water partition coefficient (Wildman–Crippen LogP) is 3.51. The molecule has 0 spiro atoms. The van der Waals surface area contributed by atoms with Gasteiger partial charge in [0.15, 0.2) is 17.5 Å². The lowest BCUT2D eigenvalue weighted by Crippen LogP contribution is -2.09. The Hall–Kier alpha value is -2.65. The van der Waals surface area contributed by atoms with E-state index in [1.807, 2.05) is 6.07 Å². The molecule has 0 amide bonds. The van der Waals surface area contributed by atoms with Crippen molar-refractivity contribution in [1.29, 1.82) is 0 Å². The van der Waals surface area contributed by atoms with Gasteiger partial charge in [-0.25, -0.2) is 18.4 Å². The summed E-state index contributed by atoms with van der Waals surface area (Å²) in [5.74, 6) is 2.14. The first-order chi connectivity index (χ1) is 12.9. The van der Waals surface area contributed by atoms with Gasteiger partial charge in [0, 0.05) is 28.9 Å². The number of hydrogen-bond donors (Lipinski definition) is 3. The summed E-state index contributed by atoms with van der Waals surface area (Å²) in [6, 6.07) is 8.73. The summed E-state index contributed by atoms with van der Waals surface area (Å²) in [5.41, 5.74) is 2.31. The van der Waals surface area contributed by atoms with Crippen molar-refractivity contribution in [2.24, 2.45) is 0 Å². The fourth-order valence-electron chi connectivity index (χ4n) is 2.62. The molecule has 3 N–H and O–H groups in total. The SMILES string of the molecule is CS(=O)(=O)Nc1ccc(-c2ncc(Cl)c(Nc3cc(C4CC4)[nH]n3)n2)cc1. The van der Waals surface area contributed by atoms with E-state index in [0.717, 1.165) is 17.5 Å². The number of sulfonamides is 1. The normalized spacial score (nSPS) is 14.1. The molecular weight excluding hydrogens is 388 g/mol. The molecule has 0 radical (unpaired) electrons. The number of nitrogens with zero attached hydrogens (tertiary/aromatic N) is 3. The van der Waals surface area contributed by atoms with Gasteiger partial charge in [-0.05, 0) is 37.1 Å². The van der Waals surface area contributed by atoms with Gasteiger partial charge in [0.2, 0.25) is 10.0 Å². The lowest BCUT2D eigenvalue weighted by Gasteiger charge is -2.08. The number of hydrogen-bond acceptors (Lipinski definition) is 6. The van der Waals surface area contributed by atoms with E-state index in [0.29, 0.717) is 34.1 Å². The molecule has 10 heteroatoms. The summed E-state index contributed by atoms with van der Waals surface area (Å²) in [6.45, 7) is 0. The second-order valence-electron chi connectivity index (χ2n) is 6.45. The van der Waals surface area contributed by atoms with E-state index in [2.05, 4.69) is 30.2 Å². The Labute approximate surface area is 161 Å².